The Morgan fingerprint density at radius 2 is 1.65 bits per heavy atom. The monoisotopic (exact) mass is 419 g/mol. The van der Waals surface area contributed by atoms with Gasteiger partial charge in [-0.05, 0) is 42.3 Å². The van der Waals surface area contributed by atoms with E-state index in [0.717, 1.165) is 11.1 Å². The third-order valence-electron chi connectivity index (χ3n) is 4.64. The van der Waals surface area contributed by atoms with Crippen molar-refractivity contribution in [2.24, 2.45) is 0 Å². The Bertz CT molecular complexity index is 1070. The highest BCUT2D eigenvalue weighted by atomic mass is 16.7. The van der Waals surface area contributed by atoms with Crippen LogP contribution in [0.3, 0.4) is 0 Å². The highest BCUT2D eigenvalue weighted by molar-refractivity contribution is 5.95. The van der Waals surface area contributed by atoms with Crippen LogP contribution < -0.4 is 19.5 Å². The van der Waals surface area contributed by atoms with Gasteiger partial charge in [-0.25, -0.2) is 4.79 Å². The fraction of sp³-hybridized carbons (Fsp3) is 0.167. The second kappa shape index (κ2) is 9.21. The van der Waals surface area contributed by atoms with Crippen molar-refractivity contribution >= 4 is 17.6 Å². The van der Waals surface area contributed by atoms with E-state index in [9.17, 15) is 9.59 Å². The molecule has 0 bridgehead atoms. The van der Waals surface area contributed by atoms with E-state index >= 15 is 0 Å². The molecule has 4 rings (SSSR count). The van der Waals surface area contributed by atoms with Crippen LogP contribution in [0.15, 0.2) is 72.8 Å². The number of anilines is 1. The second-order valence-electron chi connectivity index (χ2n) is 6.87. The van der Waals surface area contributed by atoms with E-state index in [0.29, 0.717) is 22.9 Å². The lowest BCUT2D eigenvalue weighted by Gasteiger charge is -2.14. The topological polar surface area (TPSA) is 83.1 Å². The van der Waals surface area contributed by atoms with Crippen molar-refractivity contribution in [1.29, 1.82) is 0 Å². The van der Waals surface area contributed by atoms with Crippen LogP contribution in [0.1, 0.15) is 6.92 Å². The molecular formula is C24H21NO6. The lowest BCUT2D eigenvalue weighted by Crippen LogP contribution is -2.31. The number of amides is 1. The molecule has 158 valence electrons. The highest BCUT2D eigenvalue weighted by Crippen LogP contribution is 2.34. The van der Waals surface area contributed by atoms with Crippen LogP contribution in [-0.2, 0) is 14.3 Å². The van der Waals surface area contributed by atoms with Gasteiger partial charge in [0.1, 0.15) is 5.75 Å². The molecule has 3 aromatic carbocycles. The normalized spacial score (nSPS) is 12.7. The fourth-order valence-electron chi connectivity index (χ4n) is 3.02. The molecule has 1 N–H and O–H groups in total. The van der Waals surface area contributed by atoms with Crippen molar-refractivity contribution in [2.45, 2.75) is 13.0 Å². The van der Waals surface area contributed by atoms with Gasteiger partial charge in [0.2, 0.25) is 6.79 Å². The Morgan fingerprint density at radius 3 is 2.42 bits per heavy atom. The van der Waals surface area contributed by atoms with Crippen molar-refractivity contribution in [3.63, 3.8) is 0 Å². The van der Waals surface area contributed by atoms with Crippen LogP contribution in [0.2, 0.25) is 0 Å². The summed E-state index contributed by atoms with van der Waals surface area (Å²) in [5.41, 5.74) is 2.66. The number of carbonyl (C=O) groups excluding carboxylic acids is 2. The van der Waals surface area contributed by atoms with Crippen LogP contribution in [0.4, 0.5) is 5.69 Å². The van der Waals surface area contributed by atoms with Crippen molar-refractivity contribution in [3.8, 4) is 28.4 Å². The van der Waals surface area contributed by atoms with Gasteiger partial charge in [0, 0.05) is 11.8 Å². The number of carbonyl (C=O) groups is 2. The second-order valence-corrected chi connectivity index (χ2v) is 6.87. The van der Waals surface area contributed by atoms with Crippen LogP contribution in [0.5, 0.6) is 17.2 Å². The summed E-state index contributed by atoms with van der Waals surface area (Å²) < 4.78 is 21.1. The highest BCUT2D eigenvalue weighted by Gasteiger charge is 2.20. The number of benzene rings is 3. The summed E-state index contributed by atoms with van der Waals surface area (Å²) in [4.78, 5) is 24.4. The number of hydrogen-bond donors (Lipinski definition) is 1. The molecule has 31 heavy (non-hydrogen) atoms. The molecule has 0 spiro atoms. The minimum Gasteiger partial charge on any atom is -0.482 e. The van der Waals surface area contributed by atoms with E-state index in [2.05, 4.69) is 5.32 Å². The standard InChI is InChI=1S/C24H21NO6/c1-16(24(27)25-19-9-12-21-22(13-19)30-15-29-21)31-23(26)14-28-20-10-7-18(8-11-20)17-5-3-2-4-6-17/h2-13,16H,14-15H2,1H3,(H,25,27)/t16-/m0/s1. The van der Waals surface area contributed by atoms with E-state index in [1.165, 1.54) is 6.92 Å². The predicted octanol–water partition coefficient (Wildman–Crippen LogP) is 4.03. The molecule has 0 aromatic heterocycles. The van der Waals surface area contributed by atoms with Crippen LogP contribution >= 0.6 is 0 Å². The Balaban J connectivity index is 1.25. The first-order valence-electron chi connectivity index (χ1n) is 9.77. The van der Waals surface area contributed by atoms with Gasteiger partial charge in [-0.3, -0.25) is 4.79 Å². The van der Waals surface area contributed by atoms with Gasteiger partial charge in [-0.15, -0.1) is 0 Å². The minimum absolute atomic E-state index is 0.149. The fourth-order valence-corrected chi connectivity index (χ4v) is 3.02. The Morgan fingerprint density at radius 1 is 0.935 bits per heavy atom. The van der Waals surface area contributed by atoms with Crippen molar-refractivity contribution in [2.75, 3.05) is 18.7 Å². The zero-order valence-corrected chi connectivity index (χ0v) is 16.9. The van der Waals surface area contributed by atoms with Gasteiger partial charge in [0.15, 0.2) is 24.2 Å². The van der Waals surface area contributed by atoms with E-state index in [1.54, 1.807) is 30.3 Å². The zero-order chi connectivity index (χ0) is 21.6. The van der Waals surface area contributed by atoms with Crippen molar-refractivity contribution in [1.82, 2.24) is 0 Å². The average Bonchev–Trinajstić information content (AvgIpc) is 3.26. The lowest BCUT2D eigenvalue weighted by molar-refractivity contribution is -0.155. The maximum Gasteiger partial charge on any atom is 0.344 e. The summed E-state index contributed by atoms with van der Waals surface area (Å²) in [5.74, 6) is 0.606. The first kappa shape index (κ1) is 20.3. The maximum atomic E-state index is 12.3. The van der Waals surface area contributed by atoms with Gasteiger partial charge in [-0.1, -0.05) is 42.5 Å². The summed E-state index contributed by atoms with van der Waals surface area (Å²) in [7, 11) is 0. The molecule has 0 radical (unpaired) electrons. The van der Waals surface area contributed by atoms with Crippen LogP contribution in [0.25, 0.3) is 11.1 Å². The molecule has 1 heterocycles. The van der Waals surface area contributed by atoms with Gasteiger partial charge in [0.05, 0.1) is 0 Å². The summed E-state index contributed by atoms with van der Waals surface area (Å²) in [6, 6.07) is 22.4. The molecular weight excluding hydrogens is 398 g/mol. The van der Waals surface area contributed by atoms with E-state index in [4.69, 9.17) is 18.9 Å². The lowest BCUT2D eigenvalue weighted by atomic mass is 10.1. The number of ether oxygens (including phenoxy) is 4. The number of fused-ring (bicyclic) bond motifs is 1. The number of hydrogen-bond acceptors (Lipinski definition) is 6. The van der Waals surface area contributed by atoms with Crippen LogP contribution in [0, 0.1) is 0 Å². The number of rotatable bonds is 7. The molecule has 7 heteroatoms. The quantitative estimate of drug-likeness (QED) is 0.582. The largest absolute Gasteiger partial charge is 0.482 e. The van der Waals surface area contributed by atoms with Crippen LogP contribution in [-0.4, -0.2) is 31.4 Å². The van der Waals surface area contributed by atoms with Crippen molar-refractivity contribution < 1.29 is 28.5 Å². The first-order chi connectivity index (χ1) is 15.1. The number of esters is 1. The molecule has 0 unspecified atom stereocenters. The van der Waals surface area contributed by atoms with Gasteiger partial charge in [0.25, 0.3) is 5.91 Å². The molecule has 0 saturated carbocycles. The van der Waals surface area contributed by atoms with Gasteiger partial charge >= 0.3 is 5.97 Å². The average molecular weight is 419 g/mol. The first-order valence-corrected chi connectivity index (χ1v) is 9.77. The van der Waals surface area contributed by atoms with Gasteiger partial charge < -0.3 is 24.3 Å². The Hall–Kier alpha value is -4.00. The number of nitrogens with one attached hydrogen (secondary N) is 1. The molecule has 0 aliphatic carbocycles. The van der Waals surface area contributed by atoms with E-state index in [-0.39, 0.29) is 13.4 Å². The summed E-state index contributed by atoms with van der Waals surface area (Å²) in [6.45, 7) is 1.34. The predicted molar refractivity (Wildman–Crippen MR) is 114 cm³/mol. The third kappa shape index (κ3) is 5.14. The van der Waals surface area contributed by atoms with E-state index < -0.39 is 18.0 Å². The Kier molecular flexibility index (Phi) is 6.03. The molecule has 1 aliphatic heterocycles. The third-order valence-corrected chi connectivity index (χ3v) is 4.64. The minimum atomic E-state index is -0.984. The summed E-state index contributed by atoms with van der Waals surface area (Å²) >= 11 is 0. The molecule has 1 amide bonds. The molecule has 7 nitrogen and oxygen atoms in total. The zero-order valence-electron chi connectivity index (χ0n) is 16.9. The van der Waals surface area contributed by atoms with Gasteiger partial charge in [-0.2, -0.15) is 0 Å². The van der Waals surface area contributed by atoms with Crippen molar-refractivity contribution in [3.05, 3.63) is 72.8 Å². The summed E-state index contributed by atoms with van der Waals surface area (Å²) in [6.07, 6.45) is -0.984. The summed E-state index contributed by atoms with van der Waals surface area (Å²) in [5, 5.41) is 2.68. The molecule has 3 aromatic rings. The molecule has 1 atom stereocenters. The molecule has 0 fully saturated rings. The smallest absolute Gasteiger partial charge is 0.344 e. The Labute approximate surface area is 179 Å². The van der Waals surface area contributed by atoms with E-state index in [1.807, 2.05) is 42.5 Å². The molecule has 0 saturated heterocycles. The SMILES string of the molecule is C[C@H](OC(=O)COc1ccc(-c2ccccc2)cc1)C(=O)Nc1ccc2c(c1)OCO2. The molecule has 1 aliphatic rings. The maximum absolute atomic E-state index is 12.3.